The number of aromatic nitrogens is 2. The van der Waals surface area contributed by atoms with Crippen molar-refractivity contribution in [1.82, 2.24) is 19.8 Å². The van der Waals surface area contributed by atoms with Gasteiger partial charge in [0, 0.05) is 52.0 Å². The van der Waals surface area contributed by atoms with Crippen LogP contribution in [0, 0.1) is 5.41 Å². The first-order valence-corrected chi connectivity index (χ1v) is 10.4. The molecule has 6 nitrogen and oxygen atoms in total. The van der Waals surface area contributed by atoms with Gasteiger partial charge in [-0.05, 0) is 31.6 Å². The number of aliphatic hydroxyl groups is 1. The lowest BCUT2D eigenvalue weighted by Crippen LogP contribution is -2.50. The van der Waals surface area contributed by atoms with Crippen LogP contribution in [-0.4, -0.2) is 57.9 Å². The summed E-state index contributed by atoms with van der Waals surface area (Å²) in [4.78, 5) is 10.3. The quantitative estimate of drug-likeness (QED) is 0.309. The van der Waals surface area contributed by atoms with Crippen LogP contribution in [0.25, 0.3) is 0 Å². The van der Waals surface area contributed by atoms with Gasteiger partial charge in [0.15, 0.2) is 5.96 Å². The van der Waals surface area contributed by atoms with Crippen molar-refractivity contribution in [3.05, 3.63) is 18.2 Å². The summed E-state index contributed by atoms with van der Waals surface area (Å²) in [5.41, 5.74) is -2.85. The van der Waals surface area contributed by atoms with Crippen molar-refractivity contribution < 1.29 is 18.3 Å². The van der Waals surface area contributed by atoms with Gasteiger partial charge >= 0.3 is 6.18 Å². The largest absolute Gasteiger partial charge is 0.424 e. The zero-order valence-electron chi connectivity index (χ0n) is 18.3. The number of hydrogen-bond donors (Lipinski definition) is 2. The highest BCUT2D eigenvalue weighted by Gasteiger charge is 2.57. The van der Waals surface area contributed by atoms with Crippen molar-refractivity contribution in [2.24, 2.45) is 17.5 Å². The highest BCUT2D eigenvalue weighted by Crippen LogP contribution is 2.40. The molecule has 2 atom stereocenters. The van der Waals surface area contributed by atoms with Crippen LogP contribution in [0.3, 0.4) is 0 Å². The molecule has 30 heavy (non-hydrogen) atoms. The second kappa shape index (κ2) is 11.0. The smallest absolute Gasteiger partial charge is 0.374 e. The third kappa shape index (κ3) is 6.24. The Morgan fingerprint density at radius 3 is 2.60 bits per heavy atom. The molecule has 10 heteroatoms. The zero-order chi connectivity index (χ0) is 21.7. The summed E-state index contributed by atoms with van der Waals surface area (Å²) in [6.45, 7) is 8.48. The first kappa shape index (κ1) is 27.0. The molecule has 1 aliphatic rings. The molecule has 0 amide bonds. The van der Waals surface area contributed by atoms with Crippen LogP contribution in [0.2, 0.25) is 0 Å². The van der Waals surface area contributed by atoms with Gasteiger partial charge in [0.25, 0.3) is 0 Å². The van der Waals surface area contributed by atoms with Gasteiger partial charge in [0.1, 0.15) is 5.82 Å². The monoisotopic (exact) mass is 545 g/mol. The molecule has 0 bridgehead atoms. The molecule has 1 aliphatic heterocycles. The van der Waals surface area contributed by atoms with Gasteiger partial charge in [-0.25, -0.2) is 4.98 Å². The molecule has 0 radical (unpaired) electrons. The molecule has 1 fully saturated rings. The molecule has 1 aromatic rings. The Bertz CT molecular complexity index is 692. The number of piperidine rings is 1. The van der Waals surface area contributed by atoms with Crippen molar-refractivity contribution in [2.45, 2.75) is 64.7 Å². The normalized spacial score (nSPS) is 22.4. The zero-order valence-corrected chi connectivity index (χ0v) is 20.6. The van der Waals surface area contributed by atoms with Gasteiger partial charge in [-0.3, -0.25) is 4.99 Å². The molecule has 0 spiro atoms. The first-order chi connectivity index (χ1) is 13.6. The minimum atomic E-state index is -4.84. The number of halogens is 4. The van der Waals surface area contributed by atoms with Gasteiger partial charge in [-0.15, -0.1) is 24.0 Å². The van der Waals surface area contributed by atoms with Crippen LogP contribution >= 0.6 is 24.0 Å². The van der Waals surface area contributed by atoms with E-state index in [9.17, 15) is 18.3 Å². The first-order valence-electron chi connectivity index (χ1n) is 10.4. The maximum absolute atomic E-state index is 13.7. The van der Waals surface area contributed by atoms with E-state index in [1.807, 2.05) is 6.92 Å². The van der Waals surface area contributed by atoms with E-state index in [0.717, 1.165) is 38.8 Å². The second-order valence-electron chi connectivity index (χ2n) is 8.29. The molecule has 2 N–H and O–H groups in total. The average molecular weight is 545 g/mol. The Hall–Kier alpha value is -1.04. The highest BCUT2D eigenvalue weighted by atomic mass is 127. The lowest BCUT2D eigenvalue weighted by Gasteiger charge is -2.42. The Kier molecular flexibility index (Phi) is 9.91. The molecule has 2 rings (SSSR count). The molecule has 1 saturated heterocycles. The Balaban J connectivity index is 0.00000450. The maximum atomic E-state index is 13.7. The summed E-state index contributed by atoms with van der Waals surface area (Å²) >= 11 is 0. The van der Waals surface area contributed by atoms with E-state index >= 15 is 0 Å². The van der Waals surface area contributed by atoms with Gasteiger partial charge in [0.05, 0.1) is 0 Å². The summed E-state index contributed by atoms with van der Waals surface area (Å²) in [5.74, 6) is 0.192. The fourth-order valence-electron chi connectivity index (χ4n) is 4.20. The summed E-state index contributed by atoms with van der Waals surface area (Å²) in [6, 6.07) is 0. The minimum Gasteiger partial charge on any atom is -0.374 e. The van der Waals surface area contributed by atoms with Crippen molar-refractivity contribution >= 4 is 29.9 Å². The maximum Gasteiger partial charge on any atom is 0.424 e. The van der Waals surface area contributed by atoms with Crippen molar-refractivity contribution in [3.8, 4) is 0 Å². The lowest BCUT2D eigenvalue weighted by molar-refractivity contribution is -0.272. The Morgan fingerprint density at radius 1 is 1.37 bits per heavy atom. The van der Waals surface area contributed by atoms with Crippen LogP contribution in [0.15, 0.2) is 17.4 Å². The minimum absolute atomic E-state index is 0. The number of imidazole rings is 1. The number of likely N-dealkylation sites (tertiary alicyclic amines) is 1. The Morgan fingerprint density at radius 2 is 2.07 bits per heavy atom. The molecule has 2 heterocycles. The number of nitrogens with one attached hydrogen (secondary N) is 1. The molecule has 2 unspecified atom stereocenters. The van der Waals surface area contributed by atoms with Crippen LogP contribution in [0.1, 0.15) is 58.7 Å². The number of aliphatic imine (C=N–C) groups is 1. The van der Waals surface area contributed by atoms with Crippen molar-refractivity contribution in [2.75, 3.05) is 26.2 Å². The number of nitrogens with zero attached hydrogens (tertiary/aromatic N) is 4. The predicted molar refractivity (Wildman–Crippen MR) is 123 cm³/mol. The lowest BCUT2D eigenvalue weighted by atomic mass is 9.78. The molecule has 0 aliphatic carbocycles. The van der Waals surface area contributed by atoms with Crippen molar-refractivity contribution in [3.63, 3.8) is 0 Å². The fourth-order valence-corrected chi connectivity index (χ4v) is 4.20. The Labute approximate surface area is 194 Å². The third-order valence-corrected chi connectivity index (χ3v) is 5.66. The van der Waals surface area contributed by atoms with E-state index in [1.165, 1.54) is 24.0 Å². The molecule has 1 aromatic heterocycles. The van der Waals surface area contributed by atoms with Gasteiger partial charge < -0.3 is 19.9 Å². The SMILES string of the molecule is CCCC1(C)CCCN(C(=NCCC(O)(c2nccn2C)C(F)(F)F)NCC)C1.I. The van der Waals surface area contributed by atoms with Gasteiger partial charge in [-0.2, -0.15) is 13.2 Å². The number of alkyl halides is 3. The summed E-state index contributed by atoms with van der Waals surface area (Å²) in [5, 5.41) is 13.7. The summed E-state index contributed by atoms with van der Waals surface area (Å²) < 4.78 is 42.2. The summed E-state index contributed by atoms with van der Waals surface area (Å²) in [7, 11) is 1.44. The fraction of sp³-hybridized carbons (Fsp3) is 0.800. The van der Waals surface area contributed by atoms with Crippen LogP contribution in [0.5, 0.6) is 0 Å². The summed E-state index contributed by atoms with van der Waals surface area (Å²) in [6.07, 6.45) is 1.59. The van der Waals surface area contributed by atoms with E-state index in [2.05, 4.69) is 34.0 Å². The number of hydrogen-bond acceptors (Lipinski definition) is 3. The molecular weight excluding hydrogens is 510 g/mol. The third-order valence-electron chi connectivity index (χ3n) is 5.66. The molecule has 0 aromatic carbocycles. The molecule has 174 valence electrons. The van der Waals surface area contributed by atoms with E-state index < -0.39 is 24.0 Å². The van der Waals surface area contributed by atoms with Crippen LogP contribution in [0.4, 0.5) is 13.2 Å². The second-order valence-corrected chi connectivity index (χ2v) is 8.29. The van der Waals surface area contributed by atoms with E-state index in [1.54, 1.807) is 0 Å². The van der Waals surface area contributed by atoms with Crippen LogP contribution in [-0.2, 0) is 12.6 Å². The molecule has 0 saturated carbocycles. The van der Waals surface area contributed by atoms with E-state index in [-0.39, 0.29) is 35.9 Å². The topological polar surface area (TPSA) is 65.7 Å². The van der Waals surface area contributed by atoms with Crippen LogP contribution < -0.4 is 5.32 Å². The predicted octanol–water partition coefficient (Wildman–Crippen LogP) is 4.05. The number of guanidine groups is 1. The number of aryl methyl sites for hydroxylation is 1. The van der Waals surface area contributed by atoms with E-state index in [0.29, 0.717) is 12.5 Å². The highest BCUT2D eigenvalue weighted by molar-refractivity contribution is 14.0. The standard InChI is InChI=1S/C20H34F3N5O.HI/c1-5-8-18(3)9-7-13-28(15-18)17(24-6-2)26-11-10-19(29,20(21,22)23)16-25-12-14-27(16)4;/h12,14,29H,5-11,13,15H2,1-4H3,(H,24,26);1H. The average Bonchev–Trinajstić information content (AvgIpc) is 3.06. The number of rotatable bonds is 7. The molecular formula is C20H35F3IN5O. The van der Waals surface area contributed by atoms with Gasteiger partial charge in [-0.1, -0.05) is 20.3 Å². The van der Waals surface area contributed by atoms with E-state index in [4.69, 9.17) is 0 Å². The van der Waals surface area contributed by atoms with Crippen molar-refractivity contribution in [1.29, 1.82) is 0 Å². The van der Waals surface area contributed by atoms with Gasteiger partial charge in [0.2, 0.25) is 5.60 Å².